The van der Waals surface area contributed by atoms with E-state index in [1.165, 1.54) is 64.0 Å². The van der Waals surface area contributed by atoms with E-state index in [9.17, 15) is 0 Å². The van der Waals surface area contributed by atoms with Crippen molar-refractivity contribution < 1.29 is 0 Å². The lowest BCUT2D eigenvalue weighted by Gasteiger charge is -2.14. The zero-order chi connectivity index (χ0) is 26.5. The molecule has 0 unspecified atom stereocenters. The van der Waals surface area contributed by atoms with Crippen LogP contribution in [0, 0.1) is 0 Å². The molecule has 188 valence electrons. The van der Waals surface area contributed by atoms with Crippen LogP contribution in [0.1, 0.15) is 0 Å². The van der Waals surface area contributed by atoms with Gasteiger partial charge in [-0.15, -0.1) is 11.3 Å². The van der Waals surface area contributed by atoms with Crippen LogP contribution < -0.4 is 5.32 Å². The standard InChI is InChI=1S/C38H25NS/c1-2-11-28-25(9-1)10-7-15-31(28)33-24-23-29(30-12-3-4-13-32(30)33)26-19-21-27(22-20-26)39-35-16-8-18-37-38(35)34-14-5-6-17-36(34)40-37/h1-24,39H. The summed E-state index contributed by atoms with van der Waals surface area (Å²) in [5.41, 5.74) is 7.24. The molecule has 0 radical (unpaired) electrons. The van der Waals surface area contributed by atoms with Gasteiger partial charge in [0.15, 0.2) is 0 Å². The van der Waals surface area contributed by atoms with E-state index in [1.807, 2.05) is 11.3 Å². The van der Waals surface area contributed by atoms with Crippen LogP contribution in [-0.2, 0) is 0 Å². The Morgan fingerprint density at radius 3 is 1.85 bits per heavy atom. The number of hydrogen-bond donors (Lipinski definition) is 1. The molecule has 0 spiro atoms. The van der Waals surface area contributed by atoms with E-state index in [0.29, 0.717) is 0 Å². The highest BCUT2D eigenvalue weighted by Crippen LogP contribution is 2.40. The van der Waals surface area contributed by atoms with Gasteiger partial charge < -0.3 is 5.32 Å². The van der Waals surface area contributed by atoms with Gasteiger partial charge in [0.2, 0.25) is 0 Å². The highest BCUT2D eigenvalue weighted by molar-refractivity contribution is 7.25. The first-order valence-electron chi connectivity index (χ1n) is 13.6. The van der Waals surface area contributed by atoms with Crippen LogP contribution in [0.4, 0.5) is 11.4 Å². The highest BCUT2D eigenvalue weighted by Gasteiger charge is 2.12. The zero-order valence-electron chi connectivity index (χ0n) is 21.8. The maximum absolute atomic E-state index is 3.70. The second-order valence-electron chi connectivity index (χ2n) is 10.2. The summed E-state index contributed by atoms with van der Waals surface area (Å²) in [6.45, 7) is 0. The molecular weight excluding hydrogens is 502 g/mol. The molecule has 2 heteroatoms. The van der Waals surface area contributed by atoms with Gasteiger partial charge in [0.1, 0.15) is 0 Å². The molecule has 8 rings (SSSR count). The van der Waals surface area contributed by atoms with Crippen LogP contribution in [0.15, 0.2) is 146 Å². The largest absolute Gasteiger partial charge is 0.355 e. The molecule has 0 atom stereocenters. The molecule has 40 heavy (non-hydrogen) atoms. The van der Waals surface area contributed by atoms with E-state index < -0.39 is 0 Å². The minimum Gasteiger partial charge on any atom is -0.355 e. The summed E-state index contributed by atoms with van der Waals surface area (Å²) in [5.74, 6) is 0. The van der Waals surface area contributed by atoms with Crippen molar-refractivity contribution >= 4 is 64.4 Å². The van der Waals surface area contributed by atoms with Gasteiger partial charge in [0.05, 0.1) is 0 Å². The number of anilines is 2. The molecule has 0 aliphatic heterocycles. The van der Waals surface area contributed by atoms with Crippen molar-refractivity contribution in [2.45, 2.75) is 0 Å². The second kappa shape index (κ2) is 9.37. The second-order valence-corrected chi connectivity index (χ2v) is 11.3. The Kier molecular flexibility index (Phi) is 5.39. The average molecular weight is 528 g/mol. The molecule has 0 aliphatic rings. The lowest BCUT2D eigenvalue weighted by molar-refractivity contribution is 1.57. The Hall–Kier alpha value is -4.92. The van der Waals surface area contributed by atoms with Crippen molar-refractivity contribution in [2.75, 3.05) is 5.32 Å². The van der Waals surface area contributed by atoms with Gasteiger partial charge in [-0.05, 0) is 74.1 Å². The summed E-state index contributed by atoms with van der Waals surface area (Å²) >= 11 is 1.85. The van der Waals surface area contributed by atoms with E-state index in [0.717, 1.165) is 11.4 Å². The summed E-state index contributed by atoms with van der Waals surface area (Å²) in [6, 6.07) is 52.6. The Morgan fingerprint density at radius 1 is 0.400 bits per heavy atom. The Labute approximate surface area is 237 Å². The smallest absolute Gasteiger partial charge is 0.0478 e. The predicted octanol–water partition coefficient (Wildman–Crippen LogP) is 11.4. The lowest BCUT2D eigenvalue weighted by atomic mass is 9.90. The quantitative estimate of drug-likeness (QED) is 0.240. The summed E-state index contributed by atoms with van der Waals surface area (Å²) in [4.78, 5) is 0. The molecule has 1 nitrogen and oxygen atoms in total. The summed E-state index contributed by atoms with van der Waals surface area (Å²) in [5, 5.41) is 11.4. The summed E-state index contributed by atoms with van der Waals surface area (Å²) in [6.07, 6.45) is 0. The number of fused-ring (bicyclic) bond motifs is 5. The number of thiophene rings is 1. The summed E-state index contributed by atoms with van der Waals surface area (Å²) < 4.78 is 2.63. The number of benzene rings is 7. The average Bonchev–Trinajstić information content (AvgIpc) is 3.40. The molecule has 0 bridgehead atoms. The highest BCUT2D eigenvalue weighted by atomic mass is 32.1. The zero-order valence-corrected chi connectivity index (χ0v) is 22.6. The van der Waals surface area contributed by atoms with Crippen LogP contribution >= 0.6 is 11.3 Å². The molecule has 0 fully saturated rings. The van der Waals surface area contributed by atoms with Crippen molar-refractivity contribution in [3.63, 3.8) is 0 Å². The fraction of sp³-hybridized carbons (Fsp3) is 0. The first-order valence-corrected chi connectivity index (χ1v) is 14.4. The Balaban J connectivity index is 1.19. The van der Waals surface area contributed by atoms with Crippen molar-refractivity contribution in [3.8, 4) is 22.3 Å². The van der Waals surface area contributed by atoms with Crippen molar-refractivity contribution in [1.29, 1.82) is 0 Å². The van der Waals surface area contributed by atoms with Crippen LogP contribution in [0.3, 0.4) is 0 Å². The number of hydrogen-bond acceptors (Lipinski definition) is 2. The molecular formula is C38H25NS. The minimum atomic E-state index is 1.09. The number of nitrogens with one attached hydrogen (secondary N) is 1. The molecule has 1 heterocycles. The molecule has 0 aliphatic carbocycles. The third-order valence-corrected chi connectivity index (χ3v) is 9.02. The van der Waals surface area contributed by atoms with Gasteiger partial charge in [-0.1, -0.05) is 115 Å². The monoisotopic (exact) mass is 527 g/mol. The predicted molar refractivity (Wildman–Crippen MR) is 175 cm³/mol. The minimum absolute atomic E-state index is 1.09. The molecule has 7 aromatic carbocycles. The lowest BCUT2D eigenvalue weighted by Crippen LogP contribution is -1.91. The SMILES string of the molecule is c1ccc2c(-c3ccc(-c4ccc(Nc5cccc6sc7ccccc7c56)cc4)c4ccccc34)cccc2c1. The van der Waals surface area contributed by atoms with Crippen LogP contribution in [0.25, 0.3) is 64.0 Å². The van der Waals surface area contributed by atoms with Crippen LogP contribution in [0.2, 0.25) is 0 Å². The molecule has 1 aromatic heterocycles. The first-order chi connectivity index (χ1) is 19.8. The van der Waals surface area contributed by atoms with Crippen molar-refractivity contribution in [1.82, 2.24) is 0 Å². The third-order valence-electron chi connectivity index (χ3n) is 7.88. The maximum Gasteiger partial charge on any atom is 0.0478 e. The molecule has 0 saturated heterocycles. The van der Waals surface area contributed by atoms with Crippen LogP contribution in [-0.4, -0.2) is 0 Å². The van der Waals surface area contributed by atoms with Crippen molar-refractivity contribution in [3.05, 3.63) is 146 Å². The van der Waals surface area contributed by atoms with Gasteiger partial charge in [-0.2, -0.15) is 0 Å². The normalized spacial score (nSPS) is 11.5. The molecule has 0 saturated carbocycles. The van der Waals surface area contributed by atoms with E-state index in [-0.39, 0.29) is 0 Å². The first kappa shape index (κ1) is 23.0. The van der Waals surface area contributed by atoms with Crippen LogP contribution in [0.5, 0.6) is 0 Å². The molecule has 8 aromatic rings. The fourth-order valence-corrected chi connectivity index (χ4v) is 7.15. The number of rotatable bonds is 4. The Bertz CT molecular complexity index is 2180. The third kappa shape index (κ3) is 3.77. The Morgan fingerprint density at radius 2 is 1.00 bits per heavy atom. The van der Waals surface area contributed by atoms with E-state index in [1.54, 1.807) is 0 Å². The van der Waals surface area contributed by atoms with E-state index in [2.05, 4.69) is 151 Å². The fourth-order valence-electron chi connectivity index (χ4n) is 6.01. The van der Waals surface area contributed by atoms with E-state index in [4.69, 9.17) is 0 Å². The van der Waals surface area contributed by atoms with Crippen molar-refractivity contribution in [2.24, 2.45) is 0 Å². The van der Waals surface area contributed by atoms with E-state index >= 15 is 0 Å². The molecule has 1 N–H and O–H groups in total. The maximum atomic E-state index is 3.70. The van der Waals surface area contributed by atoms with Gasteiger partial charge in [0, 0.05) is 31.5 Å². The molecule has 0 amide bonds. The van der Waals surface area contributed by atoms with Gasteiger partial charge in [-0.25, -0.2) is 0 Å². The van der Waals surface area contributed by atoms with Gasteiger partial charge in [-0.3, -0.25) is 0 Å². The van der Waals surface area contributed by atoms with Gasteiger partial charge >= 0.3 is 0 Å². The topological polar surface area (TPSA) is 12.0 Å². The van der Waals surface area contributed by atoms with Gasteiger partial charge in [0.25, 0.3) is 0 Å². The summed E-state index contributed by atoms with van der Waals surface area (Å²) in [7, 11) is 0.